The van der Waals surface area contributed by atoms with E-state index in [-0.39, 0.29) is 12.2 Å². The highest BCUT2D eigenvalue weighted by atomic mass is 19.4. The van der Waals surface area contributed by atoms with Crippen LogP contribution in [0, 0.1) is 0 Å². The molecule has 2 N–H and O–H groups in total. The van der Waals surface area contributed by atoms with E-state index in [9.17, 15) is 18.0 Å². The van der Waals surface area contributed by atoms with Crippen molar-refractivity contribution in [1.29, 1.82) is 0 Å². The first kappa shape index (κ1) is 17.5. The molecule has 118 valence electrons. The van der Waals surface area contributed by atoms with Gasteiger partial charge in [-0.25, -0.2) is 0 Å². The maximum absolute atomic E-state index is 12.5. The van der Waals surface area contributed by atoms with Gasteiger partial charge in [0.2, 0.25) is 5.91 Å². The minimum atomic E-state index is -4.44. The van der Waals surface area contributed by atoms with Crippen LogP contribution >= 0.6 is 0 Å². The summed E-state index contributed by atoms with van der Waals surface area (Å²) in [6, 6.07) is 4.50. The third-order valence-electron chi connectivity index (χ3n) is 2.82. The molecule has 0 aliphatic carbocycles. The van der Waals surface area contributed by atoms with Crippen molar-refractivity contribution in [2.45, 2.75) is 25.6 Å². The molecule has 21 heavy (non-hydrogen) atoms. The Kier molecular flexibility index (Phi) is 6.17. The van der Waals surface area contributed by atoms with Gasteiger partial charge < -0.3 is 10.4 Å². The summed E-state index contributed by atoms with van der Waals surface area (Å²) >= 11 is 0. The Balaban J connectivity index is 2.55. The summed E-state index contributed by atoms with van der Waals surface area (Å²) in [6.07, 6.45) is -4.37. The van der Waals surface area contributed by atoms with Gasteiger partial charge in [0.05, 0.1) is 18.2 Å². The number of anilines is 1. The largest absolute Gasteiger partial charge is 0.416 e. The van der Waals surface area contributed by atoms with Crippen LogP contribution in [0.2, 0.25) is 0 Å². The fourth-order valence-corrected chi connectivity index (χ4v) is 1.71. The van der Waals surface area contributed by atoms with Crippen molar-refractivity contribution in [3.8, 4) is 0 Å². The molecule has 0 aromatic heterocycles. The number of aliphatic hydroxyl groups excluding tert-OH is 1. The average Bonchev–Trinajstić information content (AvgIpc) is 2.35. The molecule has 1 amide bonds. The second-order valence-electron chi connectivity index (χ2n) is 5.00. The van der Waals surface area contributed by atoms with Gasteiger partial charge in [0, 0.05) is 12.2 Å². The molecule has 0 saturated heterocycles. The van der Waals surface area contributed by atoms with E-state index in [0.29, 0.717) is 13.0 Å². The highest BCUT2D eigenvalue weighted by Gasteiger charge is 2.30. The standard InChI is InChI=1S/C14H19F3N2O2/c1-10(20)6-7-19(2)9-13(21)18-12-5-3-4-11(8-12)14(15,16)17/h3-5,8,10,20H,6-7,9H2,1-2H3,(H,18,21). The number of halogens is 3. The molecule has 0 aliphatic heterocycles. The number of hydrogen-bond acceptors (Lipinski definition) is 3. The molecular weight excluding hydrogens is 285 g/mol. The molecule has 4 nitrogen and oxygen atoms in total. The number of alkyl halides is 3. The van der Waals surface area contributed by atoms with Crippen molar-refractivity contribution in [3.05, 3.63) is 29.8 Å². The van der Waals surface area contributed by atoms with Gasteiger partial charge in [0.1, 0.15) is 0 Å². The minimum Gasteiger partial charge on any atom is -0.393 e. The molecular formula is C14H19F3N2O2. The summed E-state index contributed by atoms with van der Waals surface area (Å²) in [7, 11) is 1.70. The average molecular weight is 304 g/mol. The van der Waals surface area contributed by atoms with Crippen LogP contribution in [0.3, 0.4) is 0 Å². The number of likely N-dealkylation sites (N-methyl/N-ethyl adjacent to an activating group) is 1. The lowest BCUT2D eigenvalue weighted by Crippen LogP contribution is -2.32. The predicted molar refractivity (Wildman–Crippen MR) is 73.9 cm³/mol. The summed E-state index contributed by atoms with van der Waals surface area (Å²) in [5.41, 5.74) is -0.693. The van der Waals surface area contributed by atoms with Crippen LogP contribution in [0.5, 0.6) is 0 Å². The Hall–Kier alpha value is -1.60. The highest BCUT2D eigenvalue weighted by molar-refractivity contribution is 5.92. The lowest BCUT2D eigenvalue weighted by Gasteiger charge is -2.17. The van der Waals surface area contributed by atoms with Crippen LogP contribution in [0.4, 0.5) is 18.9 Å². The summed E-state index contributed by atoms with van der Waals surface area (Å²) in [6.45, 7) is 2.22. The van der Waals surface area contributed by atoms with Crippen molar-refractivity contribution in [2.75, 3.05) is 25.5 Å². The van der Waals surface area contributed by atoms with Crippen LogP contribution in [0.15, 0.2) is 24.3 Å². The van der Waals surface area contributed by atoms with Gasteiger partial charge in [-0.05, 0) is 38.6 Å². The van der Waals surface area contributed by atoms with E-state index in [1.165, 1.54) is 12.1 Å². The summed E-state index contributed by atoms with van der Waals surface area (Å²) in [5, 5.41) is 11.6. The van der Waals surface area contributed by atoms with E-state index in [1.54, 1.807) is 18.9 Å². The molecule has 1 aromatic carbocycles. The predicted octanol–water partition coefficient (Wildman–Crippen LogP) is 2.35. The van der Waals surface area contributed by atoms with E-state index in [1.807, 2.05) is 0 Å². The zero-order valence-corrected chi connectivity index (χ0v) is 11.9. The zero-order valence-electron chi connectivity index (χ0n) is 11.9. The second kappa shape index (κ2) is 7.42. The van der Waals surface area contributed by atoms with Crippen LogP contribution in [-0.2, 0) is 11.0 Å². The smallest absolute Gasteiger partial charge is 0.393 e. The number of hydrogen-bond donors (Lipinski definition) is 2. The number of amides is 1. The molecule has 0 heterocycles. The first-order chi connectivity index (χ1) is 9.68. The maximum atomic E-state index is 12.5. The van der Waals surface area contributed by atoms with Crippen LogP contribution in [-0.4, -0.2) is 42.2 Å². The van der Waals surface area contributed by atoms with Crippen molar-refractivity contribution < 1.29 is 23.1 Å². The first-order valence-corrected chi connectivity index (χ1v) is 6.52. The van der Waals surface area contributed by atoms with Crippen LogP contribution < -0.4 is 5.32 Å². The normalized spacial score (nSPS) is 13.3. The monoisotopic (exact) mass is 304 g/mol. The molecule has 1 rings (SSSR count). The van der Waals surface area contributed by atoms with Gasteiger partial charge in [-0.2, -0.15) is 13.2 Å². The number of carbonyl (C=O) groups excluding carboxylic acids is 1. The lowest BCUT2D eigenvalue weighted by molar-refractivity contribution is -0.137. The van der Waals surface area contributed by atoms with Crippen LogP contribution in [0.1, 0.15) is 18.9 Å². The Morgan fingerprint density at radius 2 is 2.10 bits per heavy atom. The number of aliphatic hydroxyl groups is 1. The SMILES string of the molecule is CC(O)CCN(C)CC(=O)Nc1cccc(C(F)(F)F)c1. The topological polar surface area (TPSA) is 52.6 Å². The molecule has 0 spiro atoms. The molecule has 0 fully saturated rings. The Bertz CT molecular complexity index is 476. The van der Waals surface area contributed by atoms with Crippen molar-refractivity contribution in [3.63, 3.8) is 0 Å². The fourth-order valence-electron chi connectivity index (χ4n) is 1.71. The van der Waals surface area contributed by atoms with Gasteiger partial charge >= 0.3 is 6.18 Å². The zero-order chi connectivity index (χ0) is 16.0. The van der Waals surface area contributed by atoms with E-state index in [0.717, 1.165) is 12.1 Å². The number of nitrogens with zero attached hydrogens (tertiary/aromatic N) is 1. The molecule has 7 heteroatoms. The van der Waals surface area contributed by atoms with Gasteiger partial charge in [0.25, 0.3) is 0 Å². The van der Waals surface area contributed by atoms with E-state index >= 15 is 0 Å². The van der Waals surface area contributed by atoms with E-state index in [4.69, 9.17) is 5.11 Å². The molecule has 1 atom stereocenters. The molecule has 1 aromatic rings. The molecule has 0 saturated carbocycles. The number of carbonyl (C=O) groups is 1. The second-order valence-corrected chi connectivity index (χ2v) is 5.00. The van der Waals surface area contributed by atoms with Crippen molar-refractivity contribution >= 4 is 11.6 Å². The minimum absolute atomic E-state index is 0.0446. The van der Waals surface area contributed by atoms with Crippen LogP contribution in [0.25, 0.3) is 0 Å². The lowest BCUT2D eigenvalue weighted by atomic mass is 10.2. The Morgan fingerprint density at radius 3 is 2.67 bits per heavy atom. The Labute approximate surface area is 121 Å². The molecule has 0 aliphatic rings. The van der Waals surface area contributed by atoms with Crippen molar-refractivity contribution in [2.24, 2.45) is 0 Å². The first-order valence-electron chi connectivity index (χ1n) is 6.52. The summed E-state index contributed by atoms with van der Waals surface area (Å²) < 4.78 is 37.6. The maximum Gasteiger partial charge on any atom is 0.416 e. The van der Waals surface area contributed by atoms with Gasteiger partial charge in [-0.3, -0.25) is 9.69 Å². The molecule has 0 radical (unpaired) electrons. The fraction of sp³-hybridized carbons (Fsp3) is 0.500. The summed E-state index contributed by atoms with van der Waals surface area (Å²) in [5.74, 6) is -0.401. The van der Waals surface area contributed by atoms with E-state index < -0.39 is 23.8 Å². The highest BCUT2D eigenvalue weighted by Crippen LogP contribution is 2.30. The number of nitrogens with one attached hydrogen (secondary N) is 1. The molecule has 1 unspecified atom stereocenters. The molecule has 0 bridgehead atoms. The van der Waals surface area contributed by atoms with Crippen molar-refractivity contribution in [1.82, 2.24) is 4.90 Å². The summed E-state index contributed by atoms with van der Waals surface area (Å²) in [4.78, 5) is 13.4. The third-order valence-corrected chi connectivity index (χ3v) is 2.82. The number of rotatable bonds is 6. The Morgan fingerprint density at radius 1 is 1.43 bits per heavy atom. The quantitative estimate of drug-likeness (QED) is 0.848. The van der Waals surface area contributed by atoms with Gasteiger partial charge in [-0.15, -0.1) is 0 Å². The van der Waals surface area contributed by atoms with Gasteiger partial charge in [0.15, 0.2) is 0 Å². The van der Waals surface area contributed by atoms with Gasteiger partial charge in [-0.1, -0.05) is 6.07 Å². The number of benzene rings is 1. The van der Waals surface area contributed by atoms with E-state index in [2.05, 4.69) is 5.32 Å². The third kappa shape index (κ3) is 6.59.